The Morgan fingerprint density at radius 3 is 2.74 bits per heavy atom. The topological polar surface area (TPSA) is 106 Å². The Balaban J connectivity index is 1.65. The number of ketones is 1. The fourth-order valence-electron chi connectivity index (χ4n) is 4.13. The van der Waals surface area contributed by atoms with Crippen LogP contribution in [0.3, 0.4) is 0 Å². The smallest absolute Gasteiger partial charge is 0.295 e. The summed E-state index contributed by atoms with van der Waals surface area (Å²) in [5, 5.41) is 23.3. The number of benzene rings is 2. The Bertz CT molecular complexity index is 1300. The van der Waals surface area contributed by atoms with Crippen LogP contribution in [0.2, 0.25) is 0 Å². The number of aliphatic hydroxyl groups excluding tert-OH is 1. The monoisotopic (exact) mass is 479 g/mol. The van der Waals surface area contributed by atoms with Crippen LogP contribution in [-0.4, -0.2) is 40.2 Å². The summed E-state index contributed by atoms with van der Waals surface area (Å²) in [6.07, 6.45) is 0. The number of aromatic hydroxyl groups is 1. The van der Waals surface area contributed by atoms with Crippen molar-refractivity contribution in [3.05, 3.63) is 75.5 Å². The average Bonchev–Trinajstić information content (AvgIpc) is 3.57. The van der Waals surface area contributed by atoms with E-state index in [0.717, 1.165) is 4.88 Å². The van der Waals surface area contributed by atoms with Gasteiger partial charge in [0.05, 0.1) is 24.8 Å². The van der Waals surface area contributed by atoms with Crippen molar-refractivity contribution in [3.63, 3.8) is 0 Å². The first kappa shape index (κ1) is 21.8. The molecule has 5 rings (SSSR count). The molecule has 2 aliphatic heterocycles. The molecule has 3 aromatic rings. The van der Waals surface area contributed by atoms with Crippen molar-refractivity contribution in [2.24, 2.45) is 0 Å². The Kier molecular flexibility index (Phi) is 5.62. The minimum absolute atomic E-state index is 0.0476. The van der Waals surface area contributed by atoms with Crippen LogP contribution in [0.1, 0.15) is 29.0 Å². The molecule has 1 aromatic heterocycles. The van der Waals surface area contributed by atoms with E-state index in [1.807, 2.05) is 17.5 Å². The maximum Gasteiger partial charge on any atom is 0.295 e. The highest BCUT2D eigenvalue weighted by molar-refractivity contribution is 7.09. The van der Waals surface area contributed by atoms with Gasteiger partial charge in [-0.15, -0.1) is 11.3 Å². The van der Waals surface area contributed by atoms with E-state index < -0.39 is 17.7 Å². The number of carbonyl (C=O) groups is 2. The van der Waals surface area contributed by atoms with Crippen molar-refractivity contribution in [1.29, 1.82) is 0 Å². The second kappa shape index (κ2) is 8.75. The zero-order valence-corrected chi connectivity index (χ0v) is 19.0. The number of rotatable bonds is 6. The van der Waals surface area contributed by atoms with Crippen LogP contribution in [-0.2, 0) is 16.1 Å². The van der Waals surface area contributed by atoms with Gasteiger partial charge in [-0.1, -0.05) is 12.1 Å². The number of amides is 1. The molecule has 8 nitrogen and oxygen atoms in total. The molecule has 3 heterocycles. The number of phenolic OH excluding ortho intramolecular Hbond substituents is 1. The van der Waals surface area contributed by atoms with E-state index in [0.29, 0.717) is 29.2 Å². The second-order valence-electron chi connectivity index (χ2n) is 7.73. The fourth-order valence-corrected chi connectivity index (χ4v) is 4.83. The number of nitrogens with zero attached hydrogens (tertiary/aromatic N) is 1. The molecule has 174 valence electrons. The highest BCUT2D eigenvalue weighted by atomic mass is 32.1. The maximum absolute atomic E-state index is 13.2. The SMILES string of the molecule is CCOc1cc(C2/C(=C(\O)c3ccc4c(c3)OCO4)C(=O)C(=O)N2Cc2cccs2)ccc1O. The highest BCUT2D eigenvalue weighted by Crippen LogP contribution is 2.44. The number of ether oxygens (including phenoxy) is 3. The number of hydrogen-bond donors (Lipinski definition) is 2. The Hall–Kier alpha value is -3.98. The van der Waals surface area contributed by atoms with E-state index in [1.54, 1.807) is 37.3 Å². The quantitative estimate of drug-likeness (QED) is 0.310. The van der Waals surface area contributed by atoms with Gasteiger partial charge < -0.3 is 29.3 Å². The van der Waals surface area contributed by atoms with E-state index >= 15 is 0 Å². The summed E-state index contributed by atoms with van der Waals surface area (Å²) in [5.74, 6) is -0.681. The van der Waals surface area contributed by atoms with E-state index in [-0.39, 0.29) is 36.2 Å². The third kappa shape index (κ3) is 3.73. The van der Waals surface area contributed by atoms with Crippen LogP contribution < -0.4 is 14.2 Å². The van der Waals surface area contributed by atoms with Gasteiger partial charge in [-0.05, 0) is 54.3 Å². The lowest BCUT2D eigenvalue weighted by Gasteiger charge is -2.25. The van der Waals surface area contributed by atoms with Gasteiger partial charge in [0.2, 0.25) is 6.79 Å². The molecule has 1 amide bonds. The zero-order chi connectivity index (χ0) is 23.8. The summed E-state index contributed by atoms with van der Waals surface area (Å²) in [6.45, 7) is 2.37. The third-order valence-corrected chi connectivity index (χ3v) is 6.55. The molecule has 2 N–H and O–H groups in total. The lowest BCUT2D eigenvalue weighted by molar-refractivity contribution is -0.140. The Labute approximate surface area is 199 Å². The van der Waals surface area contributed by atoms with Crippen molar-refractivity contribution >= 4 is 28.8 Å². The predicted octanol–water partition coefficient (Wildman–Crippen LogP) is 4.20. The van der Waals surface area contributed by atoms with Crippen molar-refractivity contribution in [3.8, 4) is 23.0 Å². The molecule has 1 unspecified atom stereocenters. The van der Waals surface area contributed by atoms with Crippen molar-refractivity contribution in [1.82, 2.24) is 4.90 Å². The van der Waals surface area contributed by atoms with Gasteiger partial charge in [-0.25, -0.2) is 0 Å². The van der Waals surface area contributed by atoms with Gasteiger partial charge >= 0.3 is 0 Å². The molecule has 2 aliphatic rings. The molecule has 0 spiro atoms. The van der Waals surface area contributed by atoms with Gasteiger partial charge in [-0.2, -0.15) is 0 Å². The number of fused-ring (bicyclic) bond motifs is 1. The van der Waals surface area contributed by atoms with Gasteiger partial charge in [0.25, 0.3) is 11.7 Å². The molecule has 1 atom stereocenters. The summed E-state index contributed by atoms with van der Waals surface area (Å²) >= 11 is 1.46. The predicted molar refractivity (Wildman–Crippen MR) is 124 cm³/mol. The van der Waals surface area contributed by atoms with Crippen LogP contribution in [0.25, 0.3) is 5.76 Å². The molecular weight excluding hydrogens is 458 g/mol. The first-order valence-corrected chi connectivity index (χ1v) is 11.5. The zero-order valence-electron chi connectivity index (χ0n) is 18.2. The molecule has 2 aromatic carbocycles. The normalized spacial score (nSPS) is 18.5. The fraction of sp³-hybridized carbons (Fsp3) is 0.200. The lowest BCUT2D eigenvalue weighted by Crippen LogP contribution is -2.28. The first-order chi connectivity index (χ1) is 16.5. The molecular formula is C25H21NO7S. The lowest BCUT2D eigenvalue weighted by atomic mass is 9.95. The largest absolute Gasteiger partial charge is 0.507 e. The van der Waals surface area contributed by atoms with E-state index in [1.165, 1.54) is 22.3 Å². The summed E-state index contributed by atoms with van der Waals surface area (Å²) in [6, 6.07) is 12.3. The van der Waals surface area contributed by atoms with Crippen LogP contribution >= 0.6 is 11.3 Å². The summed E-state index contributed by atoms with van der Waals surface area (Å²) in [5.41, 5.74) is 0.806. The molecule has 0 saturated carbocycles. The highest BCUT2D eigenvalue weighted by Gasteiger charge is 2.46. The van der Waals surface area contributed by atoms with Gasteiger partial charge in [-0.3, -0.25) is 9.59 Å². The molecule has 0 bridgehead atoms. The minimum atomic E-state index is -0.882. The number of aliphatic hydroxyl groups is 1. The number of Topliss-reactive ketones (excluding diaryl/α,β-unsaturated/α-hetero) is 1. The van der Waals surface area contributed by atoms with Crippen LogP contribution in [0.15, 0.2) is 59.5 Å². The molecule has 1 saturated heterocycles. The Morgan fingerprint density at radius 2 is 1.97 bits per heavy atom. The molecule has 9 heteroatoms. The molecule has 1 fully saturated rings. The van der Waals surface area contributed by atoms with Gasteiger partial charge in [0.1, 0.15) is 5.76 Å². The standard InChI is InChI=1S/C25H21NO7S/c1-2-31-19-10-14(5-7-17(19)27)22-21(23(28)15-6-8-18-20(11-15)33-13-32-18)24(29)25(30)26(22)12-16-4-3-9-34-16/h3-11,22,27-28H,2,12-13H2,1H3/b23-21+. The maximum atomic E-state index is 13.2. The van der Waals surface area contributed by atoms with Gasteiger partial charge in [0, 0.05) is 10.4 Å². The van der Waals surface area contributed by atoms with E-state index in [2.05, 4.69) is 0 Å². The van der Waals surface area contributed by atoms with Crippen LogP contribution in [0.4, 0.5) is 0 Å². The average molecular weight is 480 g/mol. The number of thiophene rings is 1. The van der Waals surface area contributed by atoms with Crippen molar-refractivity contribution in [2.45, 2.75) is 19.5 Å². The number of hydrogen-bond acceptors (Lipinski definition) is 8. The van der Waals surface area contributed by atoms with Gasteiger partial charge in [0.15, 0.2) is 23.0 Å². The van der Waals surface area contributed by atoms with E-state index in [9.17, 15) is 19.8 Å². The molecule has 0 aliphatic carbocycles. The molecule has 34 heavy (non-hydrogen) atoms. The minimum Gasteiger partial charge on any atom is -0.507 e. The number of carbonyl (C=O) groups excluding carboxylic acids is 2. The van der Waals surface area contributed by atoms with Crippen molar-refractivity contribution < 1.29 is 34.0 Å². The third-order valence-electron chi connectivity index (χ3n) is 5.69. The summed E-state index contributed by atoms with van der Waals surface area (Å²) < 4.78 is 16.2. The van der Waals surface area contributed by atoms with Crippen molar-refractivity contribution in [2.75, 3.05) is 13.4 Å². The second-order valence-corrected chi connectivity index (χ2v) is 8.77. The van der Waals surface area contributed by atoms with Crippen LogP contribution in [0.5, 0.6) is 23.0 Å². The number of likely N-dealkylation sites (tertiary alicyclic amines) is 1. The number of phenols is 1. The Morgan fingerprint density at radius 1 is 1.15 bits per heavy atom. The summed E-state index contributed by atoms with van der Waals surface area (Å²) in [7, 11) is 0. The summed E-state index contributed by atoms with van der Waals surface area (Å²) in [4.78, 5) is 28.7. The van der Waals surface area contributed by atoms with E-state index in [4.69, 9.17) is 14.2 Å². The molecule has 0 radical (unpaired) electrons. The first-order valence-electron chi connectivity index (χ1n) is 10.6. The van der Waals surface area contributed by atoms with Crippen LogP contribution in [0, 0.1) is 0 Å².